The van der Waals surface area contributed by atoms with Crippen molar-refractivity contribution < 1.29 is 42.8 Å². The fourth-order valence-corrected chi connectivity index (χ4v) is 5.42. The maximum absolute atomic E-state index is 13.4. The number of hydrogen-bond donors (Lipinski definition) is 0. The second kappa shape index (κ2) is 20.0. The fraction of sp³-hybridized carbons (Fsp3) is 0.225. The number of hydrogen-bond acceptors (Lipinski definition) is 10. The van der Waals surface area contributed by atoms with E-state index in [1.165, 1.54) is 41.8 Å². The smallest absolute Gasteiger partial charge is 0.341 e. The average molecular weight is 795 g/mol. The highest BCUT2D eigenvalue weighted by Gasteiger charge is 2.28. The van der Waals surface area contributed by atoms with Gasteiger partial charge in [0, 0.05) is 15.1 Å². The first kappa shape index (κ1) is 41.2. The van der Waals surface area contributed by atoms with Crippen LogP contribution in [0.4, 0.5) is 0 Å². The average Bonchev–Trinajstić information content (AvgIpc) is 3.16. The Morgan fingerprint density at radius 2 is 1.42 bits per heavy atom. The Balaban J connectivity index is 0.000000281. The summed E-state index contributed by atoms with van der Waals surface area (Å²) in [6.45, 7) is 5.50. The Morgan fingerprint density at radius 3 is 2.02 bits per heavy atom. The van der Waals surface area contributed by atoms with E-state index in [-0.39, 0.29) is 11.4 Å². The van der Waals surface area contributed by atoms with E-state index in [4.69, 9.17) is 44.9 Å². The zero-order valence-corrected chi connectivity index (χ0v) is 32.8. The summed E-state index contributed by atoms with van der Waals surface area (Å²) in [7, 11) is 8.85. The summed E-state index contributed by atoms with van der Waals surface area (Å²) >= 11 is 9.34. The van der Waals surface area contributed by atoms with Gasteiger partial charge in [-0.25, -0.2) is 4.79 Å². The van der Waals surface area contributed by atoms with E-state index < -0.39 is 5.97 Å². The first-order valence-corrected chi connectivity index (χ1v) is 16.9. The number of allylic oxidation sites excluding steroid dienone is 1. The number of benzene rings is 4. The number of ether oxygens (including phenoxy) is 6. The summed E-state index contributed by atoms with van der Waals surface area (Å²) in [5.41, 5.74) is 4.80. The molecule has 10 nitrogen and oxygen atoms in total. The molecule has 0 spiro atoms. The monoisotopic (exact) mass is 793 g/mol. The number of carbonyl (C=O) groups is 2. The molecule has 274 valence electrons. The van der Waals surface area contributed by atoms with E-state index in [2.05, 4.69) is 21.1 Å². The van der Waals surface area contributed by atoms with Crippen LogP contribution in [0.5, 0.6) is 28.7 Å². The summed E-state index contributed by atoms with van der Waals surface area (Å²) in [5, 5.41) is 4.78. The lowest BCUT2D eigenvalue weighted by molar-refractivity contribution is -0.133. The van der Waals surface area contributed by atoms with E-state index in [0.29, 0.717) is 56.2 Å². The lowest BCUT2D eigenvalue weighted by Gasteiger charge is -2.19. The Morgan fingerprint density at radius 1 is 0.769 bits per heavy atom. The maximum Gasteiger partial charge on any atom is 0.341 e. The first-order valence-electron chi connectivity index (χ1n) is 15.7. The summed E-state index contributed by atoms with van der Waals surface area (Å²) < 4.78 is 32.3. The molecule has 0 fully saturated rings. The van der Waals surface area contributed by atoms with Gasteiger partial charge in [-0.1, -0.05) is 69.1 Å². The molecule has 4 aromatic carbocycles. The van der Waals surface area contributed by atoms with Gasteiger partial charge in [-0.2, -0.15) is 0 Å². The zero-order valence-electron chi connectivity index (χ0n) is 30.5. The molecule has 0 radical (unpaired) electrons. The van der Waals surface area contributed by atoms with Gasteiger partial charge >= 0.3 is 5.97 Å². The summed E-state index contributed by atoms with van der Waals surface area (Å²) in [5.74, 6) is 1.40. The van der Waals surface area contributed by atoms with Gasteiger partial charge in [0.15, 0.2) is 17.2 Å². The Kier molecular flexibility index (Phi) is 15.8. The fourth-order valence-electron chi connectivity index (χ4n) is 4.96. The minimum absolute atomic E-state index is 0.203. The van der Waals surface area contributed by atoms with Crippen LogP contribution in [0.1, 0.15) is 45.1 Å². The molecule has 0 aliphatic carbocycles. The van der Waals surface area contributed by atoms with Crippen molar-refractivity contribution in [2.75, 3.05) is 42.7 Å². The van der Waals surface area contributed by atoms with Gasteiger partial charge in [-0.3, -0.25) is 4.79 Å². The Bertz CT molecular complexity index is 1970. The SMILES string of the molecule is CO/C=C(/C(=O)OC)c1ccccc1O/N=C(C)/C=C/c1ccc(Cl)cc1.COc1cc(C)c(C(=O)c2c(OC)ccc(Br)c2C)c(OC)c1OC. The van der Waals surface area contributed by atoms with Crippen molar-refractivity contribution in [2.45, 2.75) is 20.8 Å². The number of aryl methyl sites for hydroxylation is 1. The van der Waals surface area contributed by atoms with E-state index in [1.807, 2.05) is 56.3 Å². The molecule has 0 heterocycles. The van der Waals surface area contributed by atoms with Gasteiger partial charge in [-0.05, 0) is 79.9 Å². The Hall–Kier alpha value is -5.26. The molecule has 0 atom stereocenters. The molecule has 12 heteroatoms. The summed E-state index contributed by atoms with van der Waals surface area (Å²) in [6.07, 6.45) is 5.03. The molecule has 0 bridgehead atoms. The number of nitrogens with zero attached hydrogens (tertiary/aromatic N) is 1. The molecule has 4 rings (SSSR count). The molecule has 0 unspecified atom stereocenters. The molecular weight excluding hydrogens is 754 g/mol. The predicted molar refractivity (Wildman–Crippen MR) is 207 cm³/mol. The summed E-state index contributed by atoms with van der Waals surface area (Å²) in [4.78, 5) is 30.9. The van der Waals surface area contributed by atoms with Gasteiger partial charge < -0.3 is 33.3 Å². The number of ketones is 1. The predicted octanol–water partition coefficient (Wildman–Crippen LogP) is 9.30. The molecule has 0 amide bonds. The molecule has 0 N–H and O–H groups in total. The number of halogens is 2. The van der Waals surface area contributed by atoms with Gasteiger partial charge in [0.05, 0.1) is 65.8 Å². The van der Waals surface area contributed by atoms with Crippen LogP contribution in [0.3, 0.4) is 0 Å². The van der Waals surface area contributed by atoms with E-state index >= 15 is 0 Å². The standard InChI is InChI=1S/C21H20ClNO4.C19H21BrO5/c1-15(8-9-16-10-12-17(22)13-11-16)23-27-20-7-5-4-6-18(20)19(14-25-2)21(24)26-3;1-10-9-14(23-4)18(24-5)19(25-6)15(10)17(21)16-11(2)12(20)7-8-13(16)22-3/h4-14H,1-3H3;7-9H,1-6H3/b9-8+,19-14+,23-15+;. The number of esters is 1. The van der Waals surface area contributed by atoms with Crippen LogP contribution in [0.15, 0.2) is 88.7 Å². The molecular formula is C40H41BrClNO9. The Labute approximate surface area is 317 Å². The highest BCUT2D eigenvalue weighted by molar-refractivity contribution is 9.10. The van der Waals surface area contributed by atoms with Crippen molar-refractivity contribution in [1.82, 2.24) is 0 Å². The topological polar surface area (TPSA) is 111 Å². The van der Waals surface area contributed by atoms with Crippen LogP contribution >= 0.6 is 27.5 Å². The van der Waals surface area contributed by atoms with Crippen molar-refractivity contribution >= 4 is 56.6 Å². The van der Waals surface area contributed by atoms with Gasteiger partial charge in [0.1, 0.15) is 11.3 Å². The van der Waals surface area contributed by atoms with Crippen molar-refractivity contribution in [3.8, 4) is 28.7 Å². The third-order valence-corrected chi connectivity index (χ3v) is 8.67. The number of para-hydroxylation sites is 1. The number of methoxy groups -OCH3 is 6. The minimum Gasteiger partial charge on any atom is -0.503 e. The third-order valence-electron chi connectivity index (χ3n) is 7.56. The van der Waals surface area contributed by atoms with Gasteiger partial charge in [0.25, 0.3) is 0 Å². The first-order chi connectivity index (χ1) is 24.9. The number of carbonyl (C=O) groups excluding carboxylic acids is 2. The van der Waals surface area contributed by atoms with E-state index in [9.17, 15) is 9.59 Å². The van der Waals surface area contributed by atoms with Crippen molar-refractivity contribution in [2.24, 2.45) is 5.16 Å². The van der Waals surface area contributed by atoms with Crippen LogP contribution in [-0.4, -0.2) is 60.1 Å². The molecule has 0 aliphatic rings. The third kappa shape index (κ3) is 10.2. The van der Waals surface area contributed by atoms with Crippen LogP contribution in [0.25, 0.3) is 11.6 Å². The summed E-state index contributed by atoms with van der Waals surface area (Å²) in [6, 6.07) is 19.8. The number of rotatable bonds is 13. The molecule has 4 aromatic rings. The van der Waals surface area contributed by atoms with E-state index in [0.717, 1.165) is 21.2 Å². The maximum atomic E-state index is 13.4. The normalized spacial score (nSPS) is 11.3. The highest BCUT2D eigenvalue weighted by Crippen LogP contribution is 2.44. The molecule has 0 aliphatic heterocycles. The molecule has 0 aromatic heterocycles. The lowest BCUT2D eigenvalue weighted by Crippen LogP contribution is -2.11. The van der Waals surface area contributed by atoms with E-state index in [1.54, 1.807) is 50.4 Å². The van der Waals surface area contributed by atoms with Gasteiger partial charge in [-0.15, -0.1) is 0 Å². The zero-order chi connectivity index (χ0) is 38.4. The van der Waals surface area contributed by atoms with Crippen LogP contribution in [-0.2, 0) is 14.3 Å². The molecule has 0 saturated heterocycles. The highest BCUT2D eigenvalue weighted by atomic mass is 79.9. The quantitative estimate of drug-likeness (QED) is 0.0327. The van der Waals surface area contributed by atoms with Crippen molar-refractivity contribution in [3.63, 3.8) is 0 Å². The second-order valence-electron chi connectivity index (χ2n) is 10.9. The van der Waals surface area contributed by atoms with Gasteiger partial charge in [0.2, 0.25) is 11.5 Å². The lowest BCUT2D eigenvalue weighted by atomic mass is 9.93. The van der Waals surface area contributed by atoms with Crippen LogP contribution in [0, 0.1) is 13.8 Å². The largest absolute Gasteiger partial charge is 0.503 e. The van der Waals surface area contributed by atoms with Crippen molar-refractivity contribution in [3.05, 3.63) is 122 Å². The van der Waals surface area contributed by atoms with Crippen LogP contribution in [0.2, 0.25) is 5.02 Å². The second-order valence-corrected chi connectivity index (χ2v) is 12.2. The minimum atomic E-state index is -0.531. The number of oxime groups is 1. The molecule has 0 saturated carbocycles. The van der Waals surface area contributed by atoms with Crippen LogP contribution < -0.4 is 23.8 Å². The van der Waals surface area contributed by atoms with Crippen molar-refractivity contribution in [1.29, 1.82) is 0 Å². The molecule has 52 heavy (non-hydrogen) atoms.